The molecule has 11 heteroatoms. The molecule has 0 bridgehead atoms. The van der Waals surface area contributed by atoms with E-state index >= 15 is 0 Å². The summed E-state index contributed by atoms with van der Waals surface area (Å²) in [5.74, 6) is -1.07. The maximum atomic E-state index is 12.5. The molecule has 0 heterocycles. The number of ether oxygens (including phenoxy) is 2. The number of hydrogen-bond donors (Lipinski definition) is 3. The minimum Gasteiger partial charge on any atom is -0.462 e. The molecule has 0 radical (unpaired) electrons. The number of aliphatic hydroxyl groups is 2. The molecular formula is C44H67O10P. The summed E-state index contributed by atoms with van der Waals surface area (Å²) in [4.78, 5) is 34.8. The maximum absolute atomic E-state index is 12.5. The zero-order valence-electron chi connectivity index (χ0n) is 33.1. The first-order valence-electron chi connectivity index (χ1n) is 19.6. The molecule has 10 nitrogen and oxygen atoms in total. The van der Waals surface area contributed by atoms with Crippen molar-refractivity contribution < 1.29 is 47.8 Å². The fraction of sp³-hybridized carbons (Fsp3) is 0.500. The lowest BCUT2D eigenvalue weighted by Gasteiger charge is -2.20. The van der Waals surface area contributed by atoms with Crippen molar-refractivity contribution in [2.24, 2.45) is 0 Å². The van der Waals surface area contributed by atoms with E-state index in [-0.39, 0.29) is 19.4 Å². The molecule has 0 saturated heterocycles. The summed E-state index contributed by atoms with van der Waals surface area (Å²) in [5, 5.41) is 18.3. The van der Waals surface area contributed by atoms with Crippen molar-refractivity contribution >= 4 is 19.8 Å². The van der Waals surface area contributed by atoms with Crippen LogP contribution in [0.3, 0.4) is 0 Å². The van der Waals surface area contributed by atoms with Crippen LogP contribution in [0.5, 0.6) is 0 Å². The number of allylic oxidation sites excluding steroid dienone is 20. The molecule has 0 aromatic carbocycles. The number of aliphatic hydroxyl groups excluding tert-OH is 2. The molecular weight excluding hydrogens is 719 g/mol. The highest BCUT2D eigenvalue weighted by Gasteiger charge is 2.27. The summed E-state index contributed by atoms with van der Waals surface area (Å²) in [6.45, 7) is 1.94. The minimum atomic E-state index is -4.65. The second-order valence-electron chi connectivity index (χ2n) is 12.3. The highest BCUT2D eigenvalue weighted by Crippen LogP contribution is 2.43. The van der Waals surface area contributed by atoms with Crippen LogP contribution < -0.4 is 0 Å². The zero-order chi connectivity index (χ0) is 40.5. The summed E-state index contributed by atoms with van der Waals surface area (Å²) >= 11 is 0. The van der Waals surface area contributed by atoms with Crippen LogP contribution in [0, 0.1) is 0 Å². The standard InChI is InChI=1S/C44H67O10P/c1-3-5-7-9-11-13-15-17-18-19-20-21-22-24-25-27-29-31-33-35-43(47)51-39-42(40-53-55(49,50)52-38-41(46)37-45)54-44(48)36-34-32-30-28-26-23-16-14-12-10-8-6-4-2/h5-8,10-14,16-18,20-21,23-26,28,30,41-42,45-46H,3-4,9,15,19,22,27,29,31-40H2,1-2H3,(H,49,50)/b7-5+,8-6+,12-10+,13-11+,16-14+,18-17+,21-20+,25-24+,26-23+,30-28+/t41-,42?/m1/s1. The van der Waals surface area contributed by atoms with E-state index in [1.54, 1.807) is 0 Å². The fourth-order valence-electron chi connectivity index (χ4n) is 4.28. The third-order valence-corrected chi connectivity index (χ3v) is 8.19. The van der Waals surface area contributed by atoms with Crippen molar-refractivity contribution in [3.63, 3.8) is 0 Å². The lowest BCUT2D eigenvalue weighted by Crippen LogP contribution is -2.29. The average molecular weight is 787 g/mol. The number of phosphoric ester groups is 1. The molecule has 0 aromatic heterocycles. The molecule has 0 fully saturated rings. The predicted octanol–water partition coefficient (Wildman–Crippen LogP) is 9.99. The van der Waals surface area contributed by atoms with Gasteiger partial charge < -0.3 is 24.6 Å². The Kier molecular flexibility index (Phi) is 36.1. The molecule has 0 spiro atoms. The molecule has 0 aliphatic heterocycles. The topological polar surface area (TPSA) is 149 Å². The first-order chi connectivity index (χ1) is 26.7. The minimum absolute atomic E-state index is 0.0718. The lowest BCUT2D eigenvalue weighted by atomic mass is 10.1. The highest BCUT2D eigenvalue weighted by molar-refractivity contribution is 7.47. The van der Waals surface area contributed by atoms with Crippen LogP contribution in [-0.4, -0.2) is 65.7 Å². The van der Waals surface area contributed by atoms with E-state index in [0.717, 1.165) is 57.8 Å². The Labute approximate surface area is 330 Å². The second kappa shape index (κ2) is 38.6. The number of esters is 2. The number of hydrogen-bond acceptors (Lipinski definition) is 9. The van der Waals surface area contributed by atoms with Gasteiger partial charge in [-0.1, -0.05) is 142 Å². The largest absolute Gasteiger partial charge is 0.472 e. The Morgan fingerprint density at radius 2 is 1.05 bits per heavy atom. The Hall–Kier alpha value is -3.63. The van der Waals surface area contributed by atoms with Gasteiger partial charge in [0.2, 0.25) is 0 Å². The van der Waals surface area contributed by atoms with E-state index in [2.05, 4.69) is 85.2 Å². The number of carbonyl (C=O) groups excluding carboxylic acids is 2. The van der Waals surface area contributed by atoms with Gasteiger partial charge in [0, 0.05) is 12.8 Å². The van der Waals surface area contributed by atoms with Gasteiger partial charge in [0.1, 0.15) is 12.7 Å². The summed E-state index contributed by atoms with van der Waals surface area (Å²) in [6.07, 6.45) is 49.0. The molecule has 0 aliphatic rings. The molecule has 308 valence electrons. The summed E-state index contributed by atoms with van der Waals surface area (Å²) < 4.78 is 32.5. The molecule has 0 aromatic rings. The van der Waals surface area contributed by atoms with Crippen LogP contribution in [-0.2, 0) is 32.7 Å². The lowest BCUT2D eigenvalue weighted by molar-refractivity contribution is -0.161. The van der Waals surface area contributed by atoms with Crippen molar-refractivity contribution in [1.82, 2.24) is 0 Å². The molecule has 0 rings (SSSR count). The summed E-state index contributed by atoms with van der Waals surface area (Å²) in [6, 6.07) is 0. The first-order valence-corrected chi connectivity index (χ1v) is 21.1. The van der Waals surface area contributed by atoms with Crippen LogP contribution in [0.25, 0.3) is 0 Å². The van der Waals surface area contributed by atoms with Crippen LogP contribution in [0.15, 0.2) is 122 Å². The molecule has 3 atom stereocenters. The fourth-order valence-corrected chi connectivity index (χ4v) is 5.07. The van der Waals surface area contributed by atoms with Gasteiger partial charge in [-0.15, -0.1) is 0 Å². The van der Waals surface area contributed by atoms with Crippen LogP contribution in [0.4, 0.5) is 0 Å². The van der Waals surface area contributed by atoms with Crippen LogP contribution >= 0.6 is 7.82 Å². The normalized spacial score (nSPS) is 15.2. The second-order valence-corrected chi connectivity index (χ2v) is 13.8. The quantitative estimate of drug-likeness (QED) is 0.0189. The van der Waals surface area contributed by atoms with Crippen molar-refractivity contribution in [3.8, 4) is 0 Å². The third kappa shape index (κ3) is 38.4. The van der Waals surface area contributed by atoms with Crippen molar-refractivity contribution in [1.29, 1.82) is 0 Å². The van der Waals surface area contributed by atoms with E-state index in [0.29, 0.717) is 19.3 Å². The average Bonchev–Trinajstić information content (AvgIpc) is 3.17. The summed E-state index contributed by atoms with van der Waals surface area (Å²) in [5.41, 5.74) is 0. The Morgan fingerprint density at radius 1 is 0.564 bits per heavy atom. The van der Waals surface area contributed by atoms with Gasteiger partial charge in [0.25, 0.3) is 0 Å². The van der Waals surface area contributed by atoms with Gasteiger partial charge in [0.05, 0.1) is 19.8 Å². The maximum Gasteiger partial charge on any atom is 0.472 e. The Morgan fingerprint density at radius 3 is 1.64 bits per heavy atom. The van der Waals surface area contributed by atoms with Crippen molar-refractivity contribution in [3.05, 3.63) is 122 Å². The van der Waals surface area contributed by atoms with E-state index in [1.807, 2.05) is 54.7 Å². The molecule has 0 saturated carbocycles. The van der Waals surface area contributed by atoms with Crippen LogP contribution in [0.1, 0.15) is 104 Å². The van der Waals surface area contributed by atoms with Gasteiger partial charge in [-0.25, -0.2) is 4.57 Å². The smallest absolute Gasteiger partial charge is 0.462 e. The highest BCUT2D eigenvalue weighted by atomic mass is 31.2. The molecule has 2 unspecified atom stereocenters. The van der Waals surface area contributed by atoms with E-state index < -0.39 is 51.8 Å². The van der Waals surface area contributed by atoms with Crippen LogP contribution in [0.2, 0.25) is 0 Å². The molecule has 55 heavy (non-hydrogen) atoms. The van der Waals surface area contributed by atoms with E-state index in [1.165, 1.54) is 0 Å². The van der Waals surface area contributed by atoms with Crippen molar-refractivity contribution in [2.75, 3.05) is 26.4 Å². The first kappa shape index (κ1) is 51.4. The molecule has 3 N–H and O–H groups in total. The number of carbonyl (C=O) groups is 2. The number of phosphoric acid groups is 1. The van der Waals surface area contributed by atoms with E-state index in [4.69, 9.17) is 19.1 Å². The third-order valence-electron chi connectivity index (χ3n) is 7.24. The Balaban J connectivity index is 4.53. The molecule has 0 aliphatic carbocycles. The van der Waals surface area contributed by atoms with Gasteiger partial charge >= 0.3 is 19.8 Å². The van der Waals surface area contributed by atoms with Gasteiger partial charge in [0.15, 0.2) is 6.10 Å². The van der Waals surface area contributed by atoms with E-state index in [9.17, 15) is 24.2 Å². The van der Waals surface area contributed by atoms with Gasteiger partial charge in [-0.3, -0.25) is 18.6 Å². The summed E-state index contributed by atoms with van der Waals surface area (Å²) in [7, 11) is -4.65. The number of rotatable bonds is 34. The zero-order valence-corrected chi connectivity index (χ0v) is 34.0. The molecule has 0 amide bonds. The van der Waals surface area contributed by atoms with Crippen molar-refractivity contribution in [2.45, 2.75) is 116 Å². The van der Waals surface area contributed by atoms with Gasteiger partial charge in [-0.2, -0.15) is 0 Å². The SMILES string of the molecule is CC/C=C/C=C/C=C/C=C/C=C/CCCC(=O)OC(COC(=O)CCCCC/C=C/C/C=C/C/C=C/C/C=C/C/C=C/CC)COP(=O)(O)OC[C@H](O)CO. The monoisotopic (exact) mass is 786 g/mol. The van der Waals surface area contributed by atoms with Gasteiger partial charge in [-0.05, 0) is 70.6 Å². The number of unbranched alkanes of at least 4 members (excludes halogenated alkanes) is 4. The Bertz CT molecular complexity index is 1320. The predicted molar refractivity (Wildman–Crippen MR) is 223 cm³/mol.